The smallest absolute Gasteiger partial charge is 0.216 e. The van der Waals surface area contributed by atoms with E-state index >= 15 is 0 Å². The van der Waals surface area contributed by atoms with Gasteiger partial charge in [-0.3, -0.25) is 4.79 Å². The lowest BCUT2D eigenvalue weighted by atomic mass is 10.0. The van der Waals surface area contributed by atoms with E-state index in [1.54, 1.807) is 12.1 Å². The second kappa shape index (κ2) is 7.40. The van der Waals surface area contributed by atoms with Crippen molar-refractivity contribution in [1.82, 2.24) is 5.32 Å². The maximum atomic E-state index is 10.8. The Morgan fingerprint density at radius 3 is 2.48 bits per heavy atom. The van der Waals surface area contributed by atoms with Crippen LogP contribution in [-0.2, 0) is 9.53 Å². The number of aliphatic hydroxyl groups is 2. The minimum Gasteiger partial charge on any atom is -0.388 e. The number of carbonyl (C=O) groups excluding carboxylic acids is 1. The Morgan fingerprint density at radius 1 is 1.29 bits per heavy atom. The fourth-order valence-corrected chi connectivity index (χ4v) is 2.29. The standard InChI is InChI=1S/C15H22N2O4/c1-11(18)16-10-14(19)15(20)12-2-4-13(5-3-12)17-6-8-21-9-7-17/h2-5,14-15,19-20H,6-10H2,1H3,(H,16,18). The number of anilines is 1. The Balaban J connectivity index is 1.95. The molecule has 1 aliphatic heterocycles. The molecule has 1 aromatic carbocycles. The number of aliphatic hydroxyl groups excluding tert-OH is 2. The molecule has 6 nitrogen and oxygen atoms in total. The summed E-state index contributed by atoms with van der Waals surface area (Å²) in [4.78, 5) is 13.0. The summed E-state index contributed by atoms with van der Waals surface area (Å²) in [6.45, 7) is 4.55. The molecule has 2 unspecified atom stereocenters. The van der Waals surface area contributed by atoms with Crippen LogP contribution in [0.15, 0.2) is 24.3 Å². The molecule has 1 amide bonds. The normalized spacial score (nSPS) is 18.1. The third kappa shape index (κ3) is 4.42. The molecule has 1 fully saturated rings. The van der Waals surface area contributed by atoms with Gasteiger partial charge in [0.05, 0.1) is 13.2 Å². The maximum Gasteiger partial charge on any atom is 0.216 e. The number of hydrogen-bond donors (Lipinski definition) is 3. The number of nitrogens with one attached hydrogen (secondary N) is 1. The van der Waals surface area contributed by atoms with Crippen LogP contribution in [-0.4, -0.2) is 55.1 Å². The van der Waals surface area contributed by atoms with E-state index in [9.17, 15) is 15.0 Å². The second-order valence-electron chi connectivity index (χ2n) is 5.14. The Bertz CT molecular complexity index is 457. The van der Waals surface area contributed by atoms with Crippen molar-refractivity contribution >= 4 is 11.6 Å². The maximum absolute atomic E-state index is 10.8. The van der Waals surface area contributed by atoms with Crippen LogP contribution in [0.25, 0.3) is 0 Å². The van der Waals surface area contributed by atoms with Gasteiger partial charge in [-0.2, -0.15) is 0 Å². The third-order valence-electron chi connectivity index (χ3n) is 3.54. The largest absolute Gasteiger partial charge is 0.388 e. The van der Waals surface area contributed by atoms with Crippen LogP contribution in [0.2, 0.25) is 0 Å². The van der Waals surface area contributed by atoms with E-state index in [1.165, 1.54) is 6.92 Å². The number of hydrogen-bond acceptors (Lipinski definition) is 5. The van der Waals surface area contributed by atoms with Gasteiger partial charge in [-0.15, -0.1) is 0 Å². The zero-order chi connectivity index (χ0) is 15.2. The van der Waals surface area contributed by atoms with Crippen LogP contribution >= 0.6 is 0 Å². The number of amides is 1. The zero-order valence-corrected chi connectivity index (χ0v) is 12.2. The minimum atomic E-state index is -1.02. The molecule has 2 rings (SSSR count). The van der Waals surface area contributed by atoms with E-state index in [0.29, 0.717) is 5.56 Å². The number of carbonyl (C=O) groups is 1. The number of nitrogens with zero attached hydrogens (tertiary/aromatic N) is 1. The van der Waals surface area contributed by atoms with Crippen LogP contribution in [0.1, 0.15) is 18.6 Å². The van der Waals surface area contributed by atoms with Gasteiger partial charge >= 0.3 is 0 Å². The van der Waals surface area contributed by atoms with Gasteiger partial charge in [-0.1, -0.05) is 12.1 Å². The van der Waals surface area contributed by atoms with E-state index in [4.69, 9.17) is 4.74 Å². The monoisotopic (exact) mass is 294 g/mol. The predicted octanol–water partition coefficient (Wildman–Crippen LogP) is 0.0536. The van der Waals surface area contributed by atoms with Crippen molar-refractivity contribution in [1.29, 1.82) is 0 Å². The highest BCUT2D eigenvalue weighted by molar-refractivity contribution is 5.72. The quantitative estimate of drug-likeness (QED) is 0.715. The Labute approximate surface area is 124 Å². The number of ether oxygens (including phenoxy) is 1. The molecule has 1 saturated heterocycles. The van der Waals surface area contributed by atoms with E-state index in [1.807, 2.05) is 12.1 Å². The molecule has 0 aliphatic carbocycles. The fraction of sp³-hybridized carbons (Fsp3) is 0.533. The van der Waals surface area contributed by atoms with Crippen molar-refractivity contribution in [2.75, 3.05) is 37.7 Å². The summed E-state index contributed by atoms with van der Waals surface area (Å²) < 4.78 is 5.31. The van der Waals surface area contributed by atoms with E-state index in [2.05, 4.69) is 10.2 Å². The van der Waals surface area contributed by atoms with Crippen molar-refractivity contribution in [3.8, 4) is 0 Å². The van der Waals surface area contributed by atoms with Gasteiger partial charge in [0.15, 0.2) is 0 Å². The van der Waals surface area contributed by atoms with Crippen molar-refractivity contribution in [3.63, 3.8) is 0 Å². The van der Waals surface area contributed by atoms with Crippen LogP contribution in [0.4, 0.5) is 5.69 Å². The average molecular weight is 294 g/mol. The molecule has 0 aromatic heterocycles. The molecule has 116 valence electrons. The first-order valence-electron chi connectivity index (χ1n) is 7.11. The summed E-state index contributed by atoms with van der Waals surface area (Å²) in [6.07, 6.45) is -2.04. The predicted molar refractivity (Wildman–Crippen MR) is 79.1 cm³/mol. The molecule has 3 N–H and O–H groups in total. The topological polar surface area (TPSA) is 82.0 Å². The molecule has 2 atom stereocenters. The van der Waals surface area contributed by atoms with E-state index in [0.717, 1.165) is 32.0 Å². The lowest BCUT2D eigenvalue weighted by Crippen LogP contribution is -2.36. The summed E-state index contributed by atoms with van der Waals surface area (Å²) in [5.74, 6) is -0.232. The Hall–Kier alpha value is -1.63. The molecular weight excluding hydrogens is 272 g/mol. The summed E-state index contributed by atoms with van der Waals surface area (Å²) in [6, 6.07) is 7.45. The SMILES string of the molecule is CC(=O)NCC(O)C(O)c1ccc(N2CCOCC2)cc1. The first-order chi connectivity index (χ1) is 10.1. The molecule has 1 aromatic rings. The van der Waals surface area contributed by atoms with Gasteiger partial charge in [0.1, 0.15) is 12.2 Å². The molecule has 0 radical (unpaired) electrons. The summed E-state index contributed by atoms with van der Waals surface area (Å²) in [7, 11) is 0. The highest BCUT2D eigenvalue weighted by Gasteiger charge is 2.19. The highest BCUT2D eigenvalue weighted by Crippen LogP contribution is 2.22. The van der Waals surface area contributed by atoms with Crippen molar-refractivity contribution < 1.29 is 19.7 Å². The lowest BCUT2D eigenvalue weighted by molar-refractivity contribution is -0.119. The highest BCUT2D eigenvalue weighted by atomic mass is 16.5. The van der Waals surface area contributed by atoms with Gasteiger partial charge in [0.2, 0.25) is 5.91 Å². The third-order valence-corrected chi connectivity index (χ3v) is 3.54. The van der Waals surface area contributed by atoms with Crippen LogP contribution in [0, 0.1) is 0 Å². The number of morpholine rings is 1. The van der Waals surface area contributed by atoms with Gasteiger partial charge in [-0.05, 0) is 17.7 Å². The van der Waals surface area contributed by atoms with Gasteiger partial charge in [-0.25, -0.2) is 0 Å². The van der Waals surface area contributed by atoms with Crippen LogP contribution < -0.4 is 10.2 Å². The number of benzene rings is 1. The Morgan fingerprint density at radius 2 is 1.90 bits per heavy atom. The van der Waals surface area contributed by atoms with Gasteiger partial charge in [0.25, 0.3) is 0 Å². The van der Waals surface area contributed by atoms with E-state index < -0.39 is 12.2 Å². The molecule has 0 bridgehead atoms. The molecule has 0 saturated carbocycles. The molecule has 0 spiro atoms. The summed E-state index contributed by atoms with van der Waals surface area (Å²) in [5, 5.41) is 22.4. The number of rotatable bonds is 5. The van der Waals surface area contributed by atoms with Crippen molar-refractivity contribution in [2.45, 2.75) is 19.1 Å². The average Bonchev–Trinajstić information content (AvgIpc) is 2.53. The van der Waals surface area contributed by atoms with Crippen molar-refractivity contribution in [3.05, 3.63) is 29.8 Å². The molecule has 6 heteroatoms. The molecule has 1 heterocycles. The summed E-state index contributed by atoms with van der Waals surface area (Å²) in [5.41, 5.74) is 1.70. The van der Waals surface area contributed by atoms with Gasteiger partial charge in [0, 0.05) is 32.2 Å². The first kappa shape index (κ1) is 15.8. The minimum absolute atomic E-state index is 0.0295. The molecule has 1 aliphatic rings. The van der Waals surface area contributed by atoms with Crippen LogP contribution in [0.3, 0.4) is 0 Å². The second-order valence-corrected chi connectivity index (χ2v) is 5.14. The molecule has 21 heavy (non-hydrogen) atoms. The first-order valence-corrected chi connectivity index (χ1v) is 7.11. The summed E-state index contributed by atoms with van der Waals surface area (Å²) >= 11 is 0. The van der Waals surface area contributed by atoms with Crippen LogP contribution in [0.5, 0.6) is 0 Å². The van der Waals surface area contributed by atoms with Gasteiger partial charge < -0.3 is 25.2 Å². The van der Waals surface area contributed by atoms with Crippen molar-refractivity contribution in [2.24, 2.45) is 0 Å². The lowest BCUT2D eigenvalue weighted by Gasteiger charge is -2.29. The van der Waals surface area contributed by atoms with E-state index in [-0.39, 0.29) is 12.5 Å². The zero-order valence-electron chi connectivity index (χ0n) is 12.2. The fourth-order valence-electron chi connectivity index (χ4n) is 2.29. The molecular formula is C15H22N2O4. The Kier molecular flexibility index (Phi) is 5.55.